The Hall–Kier alpha value is -0.780. The van der Waals surface area contributed by atoms with Gasteiger partial charge < -0.3 is 9.84 Å². The second kappa shape index (κ2) is 5.07. The number of ether oxygens (including phenoxy) is 1. The van der Waals surface area contributed by atoms with Gasteiger partial charge in [0, 0.05) is 5.56 Å². The molecule has 18 heavy (non-hydrogen) atoms. The number of aliphatic hydroxyl groups is 1. The van der Waals surface area contributed by atoms with Crippen LogP contribution in [0, 0.1) is 3.70 Å². The molecule has 1 rings (SSSR count). The van der Waals surface area contributed by atoms with E-state index in [1.807, 2.05) is 0 Å². The lowest BCUT2D eigenvalue weighted by Crippen LogP contribution is -2.20. The summed E-state index contributed by atoms with van der Waals surface area (Å²) in [7, 11) is 0. The third-order valence-electron chi connectivity index (χ3n) is 1.69. The monoisotopic (exact) mass is 387 g/mol. The van der Waals surface area contributed by atoms with Crippen LogP contribution in [0.3, 0.4) is 0 Å². The van der Waals surface area contributed by atoms with E-state index in [0.717, 1.165) is 0 Å². The van der Waals surface area contributed by atoms with Crippen molar-refractivity contribution in [1.29, 1.82) is 0 Å². The van der Waals surface area contributed by atoms with E-state index in [0.29, 0.717) is 6.07 Å². The molecule has 3 nitrogen and oxygen atoms in total. The lowest BCUT2D eigenvalue weighted by molar-refractivity contribution is -0.275. The average molecular weight is 387 g/mol. The lowest BCUT2D eigenvalue weighted by atomic mass is 10.2. The largest absolute Gasteiger partial charge is 0.573 e. The van der Waals surface area contributed by atoms with E-state index in [2.05, 4.69) is 9.72 Å². The highest BCUT2D eigenvalue weighted by molar-refractivity contribution is 14.1. The lowest BCUT2D eigenvalue weighted by Gasteiger charge is -2.15. The van der Waals surface area contributed by atoms with Crippen LogP contribution in [0.4, 0.5) is 26.3 Å². The Morgan fingerprint density at radius 2 is 1.78 bits per heavy atom. The number of aliphatic hydroxyl groups excluding tert-OH is 1. The SMILES string of the molecule is OCc1cc(C(F)(F)F)nc(I)c1OC(F)(F)F. The van der Waals surface area contributed by atoms with E-state index in [4.69, 9.17) is 5.11 Å². The first-order valence-corrected chi connectivity index (χ1v) is 5.25. The van der Waals surface area contributed by atoms with Crippen molar-refractivity contribution in [2.45, 2.75) is 19.1 Å². The summed E-state index contributed by atoms with van der Waals surface area (Å²) in [6.07, 6.45) is -9.90. The molecular weight excluding hydrogens is 383 g/mol. The van der Waals surface area contributed by atoms with Crippen molar-refractivity contribution in [3.05, 3.63) is 21.0 Å². The molecule has 0 radical (unpaired) electrons. The topological polar surface area (TPSA) is 42.4 Å². The van der Waals surface area contributed by atoms with E-state index in [-0.39, 0.29) is 0 Å². The van der Waals surface area contributed by atoms with Gasteiger partial charge in [-0.15, -0.1) is 13.2 Å². The molecule has 102 valence electrons. The molecule has 0 aromatic carbocycles. The molecule has 0 unspecified atom stereocenters. The van der Waals surface area contributed by atoms with Crippen LogP contribution in [-0.4, -0.2) is 16.5 Å². The fraction of sp³-hybridized carbons (Fsp3) is 0.375. The van der Waals surface area contributed by atoms with Gasteiger partial charge in [0.05, 0.1) is 6.61 Å². The second-order valence-electron chi connectivity index (χ2n) is 2.99. The van der Waals surface area contributed by atoms with Crippen LogP contribution in [0.25, 0.3) is 0 Å². The molecule has 0 aliphatic carbocycles. The molecule has 0 atom stereocenters. The van der Waals surface area contributed by atoms with Crippen LogP contribution in [0.2, 0.25) is 0 Å². The number of hydrogen-bond acceptors (Lipinski definition) is 3. The average Bonchev–Trinajstić information content (AvgIpc) is 2.17. The van der Waals surface area contributed by atoms with Crippen molar-refractivity contribution in [2.75, 3.05) is 0 Å². The van der Waals surface area contributed by atoms with Gasteiger partial charge in [-0.2, -0.15) is 13.2 Å². The summed E-state index contributed by atoms with van der Waals surface area (Å²) in [6, 6.07) is 0.309. The Morgan fingerprint density at radius 3 is 2.17 bits per heavy atom. The summed E-state index contributed by atoms with van der Waals surface area (Å²) < 4.78 is 76.0. The van der Waals surface area contributed by atoms with Crippen molar-refractivity contribution < 1.29 is 36.2 Å². The normalized spacial score (nSPS) is 12.7. The number of aromatic nitrogens is 1. The number of halogens is 7. The molecule has 10 heteroatoms. The molecule has 0 fully saturated rings. The zero-order valence-electron chi connectivity index (χ0n) is 8.23. The Morgan fingerprint density at radius 1 is 1.22 bits per heavy atom. The maximum absolute atomic E-state index is 12.3. The van der Waals surface area contributed by atoms with Crippen molar-refractivity contribution >= 4 is 22.6 Å². The van der Waals surface area contributed by atoms with Crippen molar-refractivity contribution in [3.8, 4) is 5.75 Å². The molecule has 1 heterocycles. The molecule has 1 N–H and O–H groups in total. The maximum Gasteiger partial charge on any atom is 0.573 e. The van der Waals surface area contributed by atoms with Gasteiger partial charge in [0.1, 0.15) is 9.39 Å². The van der Waals surface area contributed by atoms with Crippen LogP contribution < -0.4 is 4.74 Å². The summed E-state index contributed by atoms with van der Waals surface area (Å²) in [5.74, 6) is -0.932. The van der Waals surface area contributed by atoms with Gasteiger partial charge in [-0.1, -0.05) is 0 Å². The molecule has 0 saturated carbocycles. The summed E-state index contributed by atoms with van der Waals surface area (Å²) in [4.78, 5) is 2.96. The molecular formula is C8H4F6INO2. The van der Waals surface area contributed by atoms with Crippen LogP contribution >= 0.6 is 22.6 Å². The Kier molecular flexibility index (Phi) is 4.30. The minimum atomic E-state index is -5.08. The number of rotatable bonds is 2. The minimum absolute atomic E-state index is 0.309. The highest BCUT2D eigenvalue weighted by Crippen LogP contribution is 2.35. The number of pyridine rings is 1. The van der Waals surface area contributed by atoms with Gasteiger partial charge in [0.2, 0.25) is 0 Å². The third-order valence-corrected chi connectivity index (χ3v) is 2.42. The number of hydrogen-bond donors (Lipinski definition) is 1. The molecule has 0 aliphatic heterocycles. The van der Waals surface area contributed by atoms with E-state index in [9.17, 15) is 26.3 Å². The fourth-order valence-electron chi connectivity index (χ4n) is 1.04. The first kappa shape index (κ1) is 15.3. The Labute approximate surface area is 110 Å². The van der Waals surface area contributed by atoms with Gasteiger partial charge in [-0.05, 0) is 28.7 Å². The molecule has 1 aromatic heterocycles. The smallest absolute Gasteiger partial charge is 0.403 e. The van der Waals surface area contributed by atoms with E-state index < -0.39 is 39.9 Å². The molecule has 0 saturated heterocycles. The maximum atomic E-state index is 12.3. The summed E-state index contributed by atoms with van der Waals surface area (Å²) in [5.41, 5.74) is -2.04. The quantitative estimate of drug-likeness (QED) is 0.482. The minimum Gasteiger partial charge on any atom is -0.403 e. The first-order valence-electron chi connectivity index (χ1n) is 4.18. The highest BCUT2D eigenvalue weighted by Gasteiger charge is 2.37. The highest BCUT2D eigenvalue weighted by atomic mass is 127. The zero-order chi connectivity index (χ0) is 14.1. The standard InChI is InChI=1S/C8H4F6INO2/c9-7(10,11)4-1-3(2-17)5(6(15)16-4)18-8(12,13)14/h1,17H,2H2. The Bertz CT molecular complexity index is 444. The fourth-order valence-corrected chi connectivity index (χ4v) is 1.75. The van der Waals surface area contributed by atoms with Gasteiger partial charge in [-0.25, -0.2) is 4.98 Å². The van der Waals surface area contributed by atoms with Crippen LogP contribution in [0.15, 0.2) is 6.07 Å². The van der Waals surface area contributed by atoms with Crippen LogP contribution in [0.5, 0.6) is 5.75 Å². The summed E-state index contributed by atoms with van der Waals surface area (Å²) >= 11 is 1.17. The molecule has 0 aliphatic rings. The molecule has 1 aromatic rings. The van der Waals surface area contributed by atoms with Crippen molar-refractivity contribution in [3.63, 3.8) is 0 Å². The Balaban J connectivity index is 3.29. The van der Waals surface area contributed by atoms with E-state index in [1.54, 1.807) is 0 Å². The number of alkyl halides is 6. The summed E-state index contributed by atoms with van der Waals surface area (Å²) in [6.45, 7) is -1.03. The zero-order valence-corrected chi connectivity index (χ0v) is 10.4. The first-order chi connectivity index (χ1) is 8.04. The van der Waals surface area contributed by atoms with Crippen LogP contribution in [0.1, 0.15) is 11.3 Å². The van der Waals surface area contributed by atoms with Crippen molar-refractivity contribution in [2.24, 2.45) is 0 Å². The summed E-state index contributed by atoms with van der Waals surface area (Å²) in [5, 5.41) is 8.78. The van der Waals surface area contributed by atoms with Gasteiger partial charge in [0.15, 0.2) is 5.75 Å². The van der Waals surface area contributed by atoms with Gasteiger partial charge in [0.25, 0.3) is 0 Å². The van der Waals surface area contributed by atoms with Crippen LogP contribution in [-0.2, 0) is 12.8 Å². The number of nitrogens with zero attached hydrogens (tertiary/aromatic N) is 1. The van der Waals surface area contributed by atoms with E-state index >= 15 is 0 Å². The van der Waals surface area contributed by atoms with Gasteiger partial charge >= 0.3 is 12.5 Å². The molecule has 0 bridgehead atoms. The second-order valence-corrected chi connectivity index (χ2v) is 4.01. The predicted octanol–water partition coefficient (Wildman–Crippen LogP) is 3.10. The van der Waals surface area contributed by atoms with Gasteiger partial charge in [-0.3, -0.25) is 0 Å². The third kappa shape index (κ3) is 3.86. The van der Waals surface area contributed by atoms with E-state index in [1.165, 1.54) is 22.6 Å². The molecule has 0 amide bonds. The van der Waals surface area contributed by atoms with Crippen molar-refractivity contribution in [1.82, 2.24) is 4.98 Å². The predicted molar refractivity (Wildman–Crippen MR) is 54.6 cm³/mol. The molecule has 0 spiro atoms.